The lowest BCUT2D eigenvalue weighted by Crippen LogP contribution is -2.17. The molecule has 0 aromatic heterocycles. The molecular weight excluding hydrogens is 365 g/mol. The molecule has 118 valence electrons. The number of rotatable bonds is 3. The minimum absolute atomic E-state index is 0.158. The van der Waals surface area contributed by atoms with E-state index in [0.717, 1.165) is 12.1 Å². The van der Waals surface area contributed by atoms with Crippen LogP contribution in [0, 0.1) is 0 Å². The Balaban J connectivity index is 2.31. The average Bonchev–Trinajstić information content (AvgIpc) is 2.42. The molecule has 0 radical (unpaired) electrons. The maximum absolute atomic E-state index is 12.1. The van der Waals surface area contributed by atoms with Gasteiger partial charge in [-0.3, -0.25) is 0 Å². The van der Waals surface area contributed by atoms with Gasteiger partial charge in [-0.25, -0.2) is 0 Å². The van der Waals surface area contributed by atoms with Crippen LogP contribution in [0.15, 0.2) is 40.9 Å². The zero-order valence-corrected chi connectivity index (χ0v) is 12.6. The average molecular weight is 377 g/mol. The summed E-state index contributed by atoms with van der Waals surface area (Å²) in [6.07, 6.45) is -4.75. The van der Waals surface area contributed by atoms with Crippen LogP contribution in [0.25, 0.3) is 0 Å². The van der Waals surface area contributed by atoms with Crippen molar-refractivity contribution in [1.82, 2.24) is 0 Å². The fourth-order valence-electron chi connectivity index (χ4n) is 1.94. The van der Waals surface area contributed by atoms with E-state index in [0.29, 0.717) is 15.6 Å². The Morgan fingerprint density at radius 1 is 1.09 bits per heavy atom. The number of halogens is 4. The van der Waals surface area contributed by atoms with E-state index < -0.39 is 12.4 Å². The van der Waals surface area contributed by atoms with E-state index in [-0.39, 0.29) is 17.2 Å². The lowest BCUT2D eigenvalue weighted by molar-refractivity contribution is -0.274. The van der Waals surface area contributed by atoms with E-state index in [2.05, 4.69) is 20.7 Å². The molecule has 5 N–H and O–H groups in total. The van der Waals surface area contributed by atoms with Gasteiger partial charge < -0.3 is 21.3 Å². The monoisotopic (exact) mass is 376 g/mol. The first kappa shape index (κ1) is 16.4. The summed E-state index contributed by atoms with van der Waals surface area (Å²) in [5, 5.41) is 10.0. The molecule has 0 aliphatic carbocycles. The van der Waals surface area contributed by atoms with Crippen LogP contribution in [0.1, 0.15) is 17.2 Å². The molecule has 4 nitrogen and oxygen atoms in total. The lowest BCUT2D eigenvalue weighted by atomic mass is 9.98. The Labute approximate surface area is 132 Å². The quantitative estimate of drug-likeness (QED) is 0.563. The highest BCUT2D eigenvalue weighted by Gasteiger charge is 2.31. The Bertz CT molecular complexity index is 675. The van der Waals surface area contributed by atoms with Gasteiger partial charge in [0.2, 0.25) is 0 Å². The van der Waals surface area contributed by atoms with Gasteiger partial charge in [-0.2, -0.15) is 0 Å². The van der Waals surface area contributed by atoms with Crippen LogP contribution in [0.2, 0.25) is 0 Å². The highest BCUT2D eigenvalue weighted by Crippen LogP contribution is 2.38. The fraction of sp³-hybridized carbons (Fsp3) is 0.143. The number of hydrogen-bond donors (Lipinski definition) is 3. The van der Waals surface area contributed by atoms with Gasteiger partial charge >= 0.3 is 6.36 Å². The maximum atomic E-state index is 12.1. The molecule has 2 rings (SSSR count). The van der Waals surface area contributed by atoms with E-state index in [1.807, 2.05) is 0 Å². The van der Waals surface area contributed by atoms with Crippen molar-refractivity contribution < 1.29 is 23.0 Å². The minimum atomic E-state index is -4.75. The number of benzene rings is 2. The zero-order chi connectivity index (χ0) is 16.5. The summed E-state index contributed by atoms with van der Waals surface area (Å²) < 4.78 is 40.7. The molecule has 0 aliphatic heterocycles. The summed E-state index contributed by atoms with van der Waals surface area (Å²) in [6, 6.07) is 7.46. The van der Waals surface area contributed by atoms with Gasteiger partial charge in [0.1, 0.15) is 11.5 Å². The first-order valence-corrected chi connectivity index (χ1v) is 6.86. The van der Waals surface area contributed by atoms with E-state index in [1.54, 1.807) is 6.07 Å². The van der Waals surface area contributed by atoms with Gasteiger partial charge in [-0.1, -0.05) is 28.1 Å². The molecular formula is C14H12BrF3N2O2. The van der Waals surface area contributed by atoms with Crippen LogP contribution in [0.4, 0.5) is 18.9 Å². The predicted octanol–water partition coefficient (Wildman–Crippen LogP) is 3.68. The Morgan fingerprint density at radius 3 is 2.23 bits per heavy atom. The highest BCUT2D eigenvalue weighted by molar-refractivity contribution is 9.10. The molecule has 0 saturated carbocycles. The smallest absolute Gasteiger partial charge is 0.505 e. The van der Waals surface area contributed by atoms with Crippen molar-refractivity contribution >= 4 is 21.6 Å². The summed E-state index contributed by atoms with van der Waals surface area (Å²) in [7, 11) is 0. The van der Waals surface area contributed by atoms with Crippen LogP contribution in [0.3, 0.4) is 0 Å². The summed E-state index contributed by atoms with van der Waals surface area (Å²) in [4.78, 5) is 0. The number of nitrogen functional groups attached to an aromatic ring is 1. The Kier molecular flexibility index (Phi) is 4.52. The van der Waals surface area contributed by atoms with Gasteiger partial charge in [0.05, 0.1) is 11.7 Å². The predicted molar refractivity (Wildman–Crippen MR) is 79.4 cm³/mol. The van der Waals surface area contributed by atoms with Crippen molar-refractivity contribution in [3.8, 4) is 11.5 Å². The fourth-order valence-corrected chi connectivity index (χ4v) is 2.51. The Hall–Kier alpha value is -1.93. The van der Waals surface area contributed by atoms with Crippen molar-refractivity contribution in [2.45, 2.75) is 12.4 Å². The van der Waals surface area contributed by atoms with Crippen molar-refractivity contribution in [3.05, 3.63) is 52.0 Å². The second-order valence-corrected chi connectivity index (χ2v) is 5.35. The van der Waals surface area contributed by atoms with Crippen molar-refractivity contribution in [2.75, 3.05) is 5.73 Å². The third-order valence-corrected chi connectivity index (χ3v) is 3.67. The van der Waals surface area contributed by atoms with Gasteiger partial charge in [-0.05, 0) is 29.8 Å². The topological polar surface area (TPSA) is 81.5 Å². The molecule has 0 heterocycles. The van der Waals surface area contributed by atoms with Gasteiger partial charge in [0.25, 0.3) is 0 Å². The first-order valence-electron chi connectivity index (χ1n) is 6.07. The van der Waals surface area contributed by atoms with Gasteiger partial charge in [0.15, 0.2) is 0 Å². The number of alkyl halides is 3. The zero-order valence-electron chi connectivity index (χ0n) is 11.1. The molecule has 1 atom stereocenters. The number of aromatic hydroxyl groups is 1. The molecule has 0 fully saturated rings. The number of phenols is 1. The minimum Gasteiger partial charge on any atom is -0.505 e. The van der Waals surface area contributed by atoms with Crippen molar-refractivity contribution in [1.29, 1.82) is 0 Å². The van der Waals surface area contributed by atoms with Crippen LogP contribution in [0.5, 0.6) is 11.5 Å². The highest BCUT2D eigenvalue weighted by atomic mass is 79.9. The summed E-state index contributed by atoms with van der Waals surface area (Å²) >= 11 is 3.26. The van der Waals surface area contributed by atoms with Crippen molar-refractivity contribution in [3.63, 3.8) is 0 Å². The lowest BCUT2D eigenvalue weighted by Gasteiger charge is -2.17. The molecule has 0 aliphatic rings. The van der Waals surface area contributed by atoms with Gasteiger partial charge in [0, 0.05) is 10.0 Å². The second-order valence-electron chi connectivity index (χ2n) is 4.49. The van der Waals surface area contributed by atoms with Crippen LogP contribution >= 0.6 is 15.9 Å². The molecule has 0 amide bonds. The van der Waals surface area contributed by atoms with Crippen LogP contribution < -0.4 is 16.2 Å². The van der Waals surface area contributed by atoms with Crippen LogP contribution in [-0.2, 0) is 0 Å². The Morgan fingerprint density at radius 2 is 1.68 bits per heavy atom. The standard InChI is InChI=1S/C14H12BrF3N2O2/c15-9-5-6-10(19)13(21)11(9)12(20)7-1-3-8(4-2-7)22-14(16,17)18/h1-6,12,21H,19-20H2/t12-/m0/s1. The normalized spacial score (nSPS) is 13.0. The molecule has 22 heavy (non-hydrogen) atoms. The van der Waals surface area contributed by atoms with E-state index in [9.17, 15) is 18.3 Å². The number of nitrogens with two attached hydrogens (primary N) is 2. The molecule has 2 aromatic rings. The largest absolute Gasteiger partial charge is 0.573 e. The summed E-state index contributed by atoms with van der Waals surface area (Å²) in [6.45, 7) is 0. The molecule has 0 unspecified atom stereocenters. The van der Waals surface area contributed by atoms with Gasteiger partial charge in [-0.15, -0.1) is 13.2 Å². The molecule has 2 aromatic carbocycles. The number of hydrogen-bond acceptors (Lipinski definition) is 4. The SMILES string of the molecule is Nc1ccc(Br)c([C@@H](N)c2ccc(OC(F)(F)F)cc2)c1O. The molecule has 0 spiro atoms. The van der Waals surface area contributed by atoms with E-state index >= 15 is 0 Å². The second kappa shape index (κ2) is 6.05. The number of anilines is 1. The maximum Gasteiger partial charge on any atom is 0.573 e. The third-order valence-electron chi connectivity index (χ3n) is 2.98. The van der Waals surface area contributed by atoms with E-state index in [4.69, 9.17) is 11.5 Å². The molecule has 8 heteroatoms. The summed E-state index contributed by atoms with van der Waals surface area (Å²) in [5.74, 6) is -0.517. The van der Waals surface area contributed by atoms with Crippen LogP contribution in [-0.4, -0.2) is 11.5 Å². The van der Waals surface area contributed by atoms with Crippen molar-refractivity contribution in [2.24, 2.45) is 5.73 Å². The molecule has 0 bridgehead atoms. The number of ether oxygens (including phenoxy) is 1. The summed E-state index contributed by atoms with van der Waals surface area (Å²) in [5.41, 5.74) is 12.7. The first-order chi connectivity index (χ1) is 10.2. The van der Waals surface area contributed by atoms with E-state index in [1.165, 1.54) is 18.2 Å². The number of phenolic OH excluding ortho intramolecular Hbond substituents is 1. The molecule has 0 saturated heterocycles. The third kappa shape index (κ3) is 3.63.